The molecule has 0 unspecified atom stereocenters. The summed E-state index contributed by atoms with van der Waals surface area (Å²) in [5, 5.41) is 2.16. The molecule has 0 bridgehead atoms. The molecule has 0 aliphatic rings. The van der Waals surface area contributed by atoms with Crippen molar-refractivity contribution in [1.82, 2.24) is 15.2 Å². The molecule has 0 amide bonds. The number of hydrogen-bond donors (Lipinski definition) is 1. The van der Waals surface area contributed by atoms with E-state index in [0.29, 0.717) is 5.10 Å². The Morgan fingerprint density at radius 2 is 0.920 bits per heavy atom. The van der Waals surface area contributed by atoms with Crippen LogP contribution in [-0.2, 0) is 11.8 Å². The highest BCUT2D eigenvalue weighted by molar-refractivity contribution is 5.11. The smallest absolute Gasteiger partial charge is 0.258 e. The molecule has 1 aromatic rings. The normalized spacial score (nSPS) is 15.6. The Labute approximate surface area is 126 Å². The van der Waals surface area contributed by atoms with E-state index in [1.165, 1.54) is 0 Å². The number of aromatic nitrogens is 3. The Balaban J connectivity index is 3.41. The van der Waals surface area contributed by atoms with Gasteiger partial charge in [0.25, 0.3) is 0 Å². The predicted molar refractivity (Wildman–Crippen MR) is 46.2 cm³/mol. The van der Waals surface area contributed by atoms with Crippen molar-refractivity contribution in [3.63, 3.8) is 0 Å². The van der Waals surface area contributed by atoms with Gasteiger partial charge in [0.2, 0.25) is 11.6 Å². The van der Waals surface area contributed by atoms with Crippen LogP contribution >= 0.6 is 0 Å². The molecule has 146 valence electrons. The minimum atomic E-state index is -6.95. The zero-order valence-corrected chi connectivity index (χ0v) is 10.7. The number of alkyl halides is 14. The second-order valence-corrected chi connectivity index (χ2v) is 4.30. The van der Waals surface area contributed by atoms with Crippen LogP contribution in [0.4, 0.5) is 61.5 Å². The van der Waals surface area contributed by atoms with Gasteiger partial charge in [0, 0.05) is 0 Å². The first kappa shape index (κ1) is 21.2. The molecule has 0 aliphatic heterocycles. The molecule has 0 spiro atoms. The van der Waals surface area contributed by atoms with E-state index in [1.54, 1.807) is 10.1 Å². The molecule has 1 heterocycles. The highest BCUT2D eigenvalue weighted by Crippen LogP contribution is 2.53. The maximum atomic E-state index is 13.1. The Bertz CT molecular complexity index is 570. The average molecular weight is 405 g/mol. The number of nitrogens with one attached hydrogen (secondary N) is 1. The molecule has 0 atom stereocenters. The first-order valence-electron chi connectivity index (χ1n) is 5.29. The highest BCUT2D eigenvalue weighted by Gasteiger charge is 2.77. The molecule has 25 heavy (non-hydrogen) atoms. The molecule has 17 heteroatoms. The lowest BCUT2D eigenvalue weighted by atomic mass is 10.1. The van der Waals surface area contributed by atoms with Gasteiger partial charge in [-0.25, -0.2) is 4.98 Å². The fourth-order valence-electron chi connectivity index (χ4n) is 1.19. The fraction of sp³-hybridized carbons (Fsp3) is 0.750. The van der Waals surface area contributed by atoms with E-state index in [4.69, 9.17) is 0 Å². The Hall–Kier alpha value is -1.84. The van der Waals surface area contributed by atoms with Gasteiger partial charge in [0.05, 0.1) is 0 Å². The van der Waals surface area contributed by atoms with Crippen LogP contribution in [0.15, 0.2) is 0 Å². The fourth-order valence-corrected chi connectivity index (χ4v) is 1.19. The van der Waals surface area contributed by atoms with Crippen LogP contribution in [0, 0.1) is 0 Å². The zero-order valence-electron chi connectivity index (χ0n) is 10.7. The van der Waals surface area contributed by atoms with E-state index in [-0.39, 0.29) is 0 Å². The summed E-state index contributed by atoms with van der Waals surface area (Å²) < 4.78 is 174. The monoisotopic (exact) mass is 405 g/mol. The number of nitrogens with zero attached hydrogens (tertiary/aromatic N) is 2. The minimum absolute atomic E-state index is 0.382. The van der Waals surface area contributed by atoms with Gasteiger partial charge in [-0.2, -0.15) is 66.6 Å². The Morgan fingerprint density at radius 1 is 0.560 bits per heavy atom. The van der Waals surface area contributed by atoms with Crippen molar-refractivity contribution in [2.45, 2.75) is 36.0 Å². The van der Waals surface area contributed by atoms with Crippen LogP contribution in [0.3, 0.4) is 0 Å². The molecule has 0 radical (unpaired) electrons. The van der Waals surface area contributed by atoms with Gasteiger partial charge in [0.1, 0.15) is 0 Å². The summed E-state index contributed by atoms with van der Waals surface area (Å²) in [4.78, 5) is 1.59. The van der Waals surface area contributed by atoms with E-state index in [1.807, 2.05) is 0 Å². The van der Waals surface area contributed by atoms with Crippen molar-refractivity contribution in [3.8, 4) is 0 Å². The first-order valence-corrected chi connectivity index (χ1v) is 5.29. The molecule has 3 nitrogen and oxygen atoms in total. The van der Waals surface area contributed by atoms with Crippen molar-refractivity contribution in [1.29, 1.82) is 0 Å². The van der Waals surface area contributed by atoms with Crippen LogP contribution in [0.5, 0.6) is 0 Å². The average Bonchev–Trinajstić information content (AvgIpc) is 2.85. The van der Waals surface area contributed by atoms with Gasteiger partial charge in [0.15, 0.2) is 0 Å². The van der Waals surface area contributed by atoms with Crippen LogP contribution in [0.1, 0.15) is 11.6 Å². The summed E-state index contributed by atoms with van der Waals surface area (Å²) in [6.07, 6.45) is -13.9. The first-order chi connectivity index (χ1) is 10.7. The largest absolute Gasteiger partial charge is 0.460 e. The van der Waals surface area contributed by atoms with Gasteiger partial charge in [-0.1, -0.05) is 0 Å². The molecular formula is C8HF14N3. The van der Waals surface area contributed by atoms with Gasteiger partial charge < -0.3 is 0 Å². The summed E-state index contributed by atoms with van der Waals surface area (Å²) in [7, 11) is 0. The summed E-state index contributed by atoms with van der Waals surface area (Å²) in [6, 6.07) is 0. The predicted octanol–water partition coefficient (Wildman–Crippen LogP) is 4.38. The summed E-state index contributed by atoms with van der Waals surface area (Å²) in [6.45, 7) is 0. The second-order valence-electron chi connectivity index (χ2n) is 4.30. The minimum Gasteiger partial charge on any atom is -0.258 e. The number of rotatable bonds is 4. The molecule has 0 saturated heterocycles. The standard InChI is InChI=1S/C8HF14N3/c9-3(10,5(13,14)7(17,18)19)1-23-2(25-24-1)4(11,12)6(15,16)8(20,21)22/h(H,23,24,25). The Kier molecular flexibility index (Phi) is 4.52. The molecule has 1 rings (SSSR count). The lowest BCUT2D eigenvalue weighted by Gasteiger charge is -2.27. The molecule has 1 aromatic heterocycles. The van der Waals surface area contributed by atoms with E-state index in [9.17, 15) is 61.5 Å². The molecular weight excluding hydrogens is 404 g/mol. The van der Waals surface area contributed by atoms with E-state index < -0.39 is 47.7 Å². The Morgan fingerprint density at radius 3 is 1.28 bits per heavy atom. The van der Waals surface area contributed by atoms with E-state index >= 15 is 0 Å². The molecule has 0 saturated carbocycles. The molecule has 0 aromatic carbocycles. The number of halogens is 14. The van der Waals surface area contributed by atoms with E-state index in [0.717, 1.165) is 0 Å². The number of aromatic amines is 1. The summed E-state index contributed by atoms with van der Waals surface area (Å²) in [5.74, 6) is -32.8. The molecule has 0 aliphatic carbocycles. The maximum Gasteiger partial charge on any atom is 0.460 e. The van der Waals surface area contributed by atoms with Crippen molar-refractivity contribution >= 4 is 0 Å². The third-order valence-electron chi connectivity index (χ3n) is 2.56. The van der Waals surface area contributed by atoms with Crippen molar-refractivity contribution < 1.29 is 61.5 Å². The van der Waals surface area contributed by atoms with Gasteiger partial charge in [-0.05, 0) is 0 Å². The van der Waals surface area contributed by atoms with Crippen LogP contribution in [-0.4, -0.2) is 39.4 Å². The third-order valence-corrected chi connectivity index (χ3v) is 2.56. The van der Waals surface area contributed by atoms with Gasteiger partial charge >= 0.3 is 36.0 Å². The lowest BCUT2D eigenvalue weighted by molar-refractivity contribution is -0.362. The third kappa shape index (κ3) is 2.96. The topological polar surface area (TPSA) is 41.6 Å². The number of H-pyrrole nitrogens is 1. The quantitative estimate of drug-likeness (QED) is 0.756. The highest BCUT2D eigenvalue weighted by atomic mass is 19.4. The molecule has 1 N–H and O–H groups in total. The van der Waals surface area contributed by atoms with Crippen LogP contribution in [0.2, 0.25) is 0 Å². The number of hydrogen-bond acceptors (Lipinski definition) is 2. The van der Waals surface area contributed by atoms with Crippen molar-refractivity contribution in [2.75, 3.05) is 0 Å². The van der Waals surface area contributed by atoms with Gasteiger partial charge in [-0.3, -0.25) is 5.10 Å². The summed E-state index contributed by atoms with van der Waals surface area (Å²) >= 11 is 0. The van der Waals surface area contributed by atoms with Crippen LogP contribution in [0.25, 0.3) is 0 Å². The lowest BCUT2D eigenvalue weighted by Crippen LogP contribution is -2.51. The summed E-state index contributed by atoms with van der Waals surface area (Å²) in [5.41, 5.74) is 0. The van der Waals surface area contributed by atoms with E-state index in [2.05, 4.69) is 0 Å². The second kappa shape index (κ2) is 5.33. The van der Waals surface area contributed by atoms with Gasteiger partial charge in [-0.15, -0.1) is 0 Å². The SMILES string of the molecule is FC(F)(F)C(F)(F)C(F)(F)c1n[nH]c(C(F)(F)C(F)(F)C(F)(F)F)n1. The zero-order chi connectivity index (χ0) is 20.3. The maximum absolute atomic E-state index is 13.1. The van der Waals surface area contributed by atoms with Crippen molar-refractivity contribution in [2.24, 2.45) is 0 Å². The van der Waals surface area contributed by atoms with Crippen molar-refractivity contribution in [3.05, 3.63) is 11.6 Å². The van der Waals surface area contributed by atoms with Crippen LogP contribution < -0.4 is 0 Å². The molecule has 0 fully saturated rings.